The van der Waals surface area contributed by atoms with Gasteiger partial charge in [-0.05, 0) is 93.5 Å². The van der Waals surface area contributed by atoms with Crippen LogP contribution in [0.1, 0.15) is 59.7 Å². The van der Waals surface area contributed by atoms with Gasteiger partial charge < -0.3 is 46.2 Å². The van der Waals surface area contributed by atoms with E-state index in [1.54, 1.807) is 24.3 Å². The number of nitrogens with zero attached hydrogens (tertiary/aromatic N) is 8. The highest BCUT2D eigenvalue weighted by atomic mass is 19.1. The molecule has 10 aromatic rings. The average molecular weight is 1370 g/mol. The van der Waals surface area contributed by atoms with Crippen molar-refractivity contribution in [3.63, 3.8) is 0 Å². The number of nitro benzene ring substituents is 3. The minimum atomic E-state index is -0.939. The first-order valence-corrected chi connectivity index (χ1v) is 33.0. The molecule has 4 heterocycles. The molecule has 101 heavy (non-hydrogen) atoms. The van der Waals surface area contributed by atoms with Crippen molar-refractivity contribution < 1.29 is 43.0 Å². The van der Waals surface area contributed by atoms with Crippen molar-refractivity contribution in [1.29, 1.82) is 0 Å². The first-order chi connectivity index (χ1) is 49.2. The zero-order valence-corrected chi connectivity index (χ0v) is 55.9. The van der Waals surface area contributed by atoms with E-state index < -0.39 is 21.4 Å². The van der Waals surface area contributed by atoms with Crippen LogP contribution in [0.4, 0.5) is 50.2 Å². The molecule has 3 saturated heterocycles. The third kappa shape index (κ3) is 23.4. The predicted octanol–water partition coefficient (Wildman–Crippen LogP) is 12.8. The van der Waals surface area contributed by atoms with Crippen LogP contribution in [0.15, 0.2) is 212 Å². The lowest BCUT2D eigenvalue weighted by Crippen LogP contribution is -2.35. The number of benzene rings is 9. The number of carbonyl (C=O) groups is 2. The number of nitro groups is 3. The van der Waals surface area contributed by atoms with Gasteiger partial charge in [-0.25, -0.2) is 4.98 Å². The number of nitrogens with two attached hydrogens (primary N) is 2. The Hall–Kier alpha value is -11.3. The van der Waals surface area contributed by atoms with Crippen LogP contribution >= 0.6 is 0 Å². The van der Waals surface area contributed by atoms with Crippen LogP contribution in [-0.2, 0) is 60.0 Å². The van der Waals surface area contributed by atoms with E-state index in [9.17, 15) is 44.3 Å². The number of rotatable bonds is 22. The maximum atomic E-state index is 12.6. The van der Waals surface area contributed by atoms with Gasteiger partial charge in [0, 0.05) is 108 Å². The van der Waals surface area contributed by atoms with Crippen molar-refractivity contribution in [2.45, 2.75) is 45.8 Å². The number of morpholine rings is 3. The molecule has 9 aromatic carbocycles. The van der Waals surface area contributed by atoms with Crippen molar-refractivity contribution in [3.05, 3.63) is 299 Å². The molecule has 0 radical (unpaired) electrons. The summed E-state index contributed by atoms with van der Waals surface area (Å²) in [7, 11) is 0. The summed E-state index contributed by atoms with van der Waals surface area (Å²) in [6, 6.07) is 65.6. The fourth-order valence-electron chi connectivity index (χ4n) is 11.2. The maximum absolute atomic E-state index is 12.6. The molecule has 7 N–H and O–H groups in total. The lowest BCUT2D eigenvalue weighted by atomic mass is 10.1. The van der Waals surface area contributed by atoms with Crippen molar-refractivity contribution in [2.24, 2.45) is 0 Å². The monoisotopic (exact) mass is 1370 g/mol. The van der Waals surface area contributed by atoms with Gasteiger partial charge >= 0.3 is 5.69 Å². The van der Waals surface area contributed by atoms with Crippen LogP contribution in [0.5, 0.6) is 0 Å². The maximum Gasteiger partial charge on any atom is 0.305 e. The number of nitrogen functional groups attached to an aromatic ring is 2. The number of fused-ring (bicyclic) bond motifs is 1. The summed E-state index contributed by atoms with van der Waals surface area (Å²) >= 11 is 0. The molecule has 0 bridgehead atoms. The molecule has 1 aromatic heterocycles. The molecule has 0 saturated carbocycles. The standard InChI is InChI=1S/C19H22N4O.C18H21N3O3.C18H23N3O.C14H12N2O3.C7H4FNO3/c20-19-21-17-12-16(13-22-8-10-24-11-9-22)6-7-18(17)23(19)14-15-4-2-1-3-5-15;22-21(23)18-12-16(14-20-8-10-24-11-9-20)6-7-17(18)19-13-15-4-2-1-3-5-15;19-17-12-16(14-21-8-10-22-11-9-21)6-7-18(17)20-13-15-4-2-1-3-5-15;17-10-12-6-7-13(14(8-12)16(18)19)15-9-11-4-2-1-3-5-11;8-6-2-1-5(4-10)3-7(6)9(11)12/h1-7,12H,8-11,13-14H2,(H2,20,21);1-7,12,19H,8-11,13-14H2;1-7,12,20H,8-11,13-14,19H2;1-8,10,15H,9H2;1-4H. The van der Waals surface area contributed by atoms with E-state index in [4.69, 9.17) is 25.7 Å². The minimum absolute atomic E-state index is 0.0862. The fourth-order valence-corrected chi connectivity index (χ4v) is 11.2. The number of hydrogen-bond donors (Lipinski definition) is 5. The molecule has 13 rings (SSSR count). The number of nitrogens with one attached hydrogen (secondary N) is 3. The Kier molecular flexibility index (Phi) is 28.3. The fraction of sp³-hybridized carbons (Fsp3) is 0.250. The topological polar surface area (TPSA) is 307 Å². The third-order valence-electron chi connectivity index (χ3n) is 16.6. The zero-order valence-electron chi connectivity index (χ0n) is 55.9. The number of carbonyl (C=O) groups excluding carboxylic acids is 2. The molecular formula is C76H82FN13O11. The van der Waals surface area contributed by atoms with E-state index in [-0.39, 0.29) is 27.4 Å². The largest absolute Gasteiger partial charge is 0.397 e. The van der Waals surface area contributed by atoms with Crippen LogP contribution in [0.2, 0.25) is 0 Å². The highest BCUT2D eigenvalue weighted by molar-refractivity contribution is 5.80. The molecule has 0 unspecified atom stereocenters. The number of aromatic nitrogens is 2. The average Bonchev–Trinajstić information content (AvgIpc) is 1.66. The molecule has 0 spiro atoms. The smallest absolute Gasteiger partial charge is 0.305 e. The Bertz CT molecular complexity index is 4300. The summed E-state index contributed by atoms with van der Waals surface area (Å²) in [4.78, 5) is 63.2. The molecule has 0 atom stereocenters. The second-order valence-electron chi connectivity index (χ2n) is 23.8. The van der Waals surface area contributed by atoms with E-state index in [2.05, 4.69) is 101 Å². The van der Waals surface area contributed by atoms with Crippen LogP contribution in [-0.4, -0.2) is 131 Å². The van der Waals surface area contributed by atoms with E-state index in [1.807, 2.05) is 103 Å². The third-order valence-corrected chi connectivity index (χ3v) is 16.6. The van der Waals surface area contributed by atoms with Gasteiger partial charge in [0.05, 0.1) is 83.4 Å². The lowest BCUT2D eigenvalue weighted by Gasteiger charge is -2.26. The summed E-state index contributed by atoms with van der Waals surface area (Å²) in [6.45, 7) is 15.6. The van der Waals surface area contributed by atoms with Gasteiger partial charge in [0.2, 0.25) is 11.8 Å². The van der Waals surface area contributed by atoms with Crippen molar-refractivity contribution >= 4 is 69.4 Å². The van der Waals surface area contributed by atoms with E-state index >= 15 is 0 Å². The molecule has 24 nitrogen and oxygen atoms in total. The normalized spacial score (nSPS) is 13.8. The van der Waals surface area contributed by atoms with Crippen molar-refractivity contribution in [3.8, 4) is 0 Å². The van der Waals surface area contributed by atoms with Gasteiger partial charge in [-0.15, -0.1) is 0 Å². The van der Waals surface area contributed by atoms with Gasteiger partial charge in [0.25, 0.3) is 11.4 Å². The Morgan fingerprint density at radius 2 is 0.782 bits per heavy atom. The molecule has 524 valence electrons. The summed E-state index contributed by atoms with van der Waals surface area (Å²) in [5, 5.41) is 42.1. The molecule has 3 fully saturated rings. The number of halogens is 1. The predicted molar refractivity (Wildman–Crippen MR) is 390 cm³/mol. The van der Waals surface area contributed by atoms with Gasteiger partial charge in [0.15, 0.2) is 0 Å². The van der Waals surface area contributed by atoms with E-state index in [1.165, 1.54) is 34.4 Å². The molecule has 25 heteroatoms. The molecule has 0 amide bonds. The van der Waals surface area contributed by atoms with E-state index in [0.717, 1.165) is 156 Å². The van der Waals surface area contributed by atoms with Crippen LogP contribution in [0.25, 0.3) is 11.0 Å². The Morgan fingerprint density at radius 1 is 0.416 bits per heavy atom. The minimum Gasteiger partial charge on any atom is -0.397 e. The number of aldehydes is 2. The molecule has 3 aliphatic rings. The first kappa shape index (κ1) is 73.9. The van der Waals surface area contributed by atoms with Crippen LogP contribution in [0, 0.1) is 36.2 Å². The van der Waals surface area contributed by atoms with Crippen LogP contribution < -0.4 is 27.4 Å². The molecule has 0 aliphatic carbocycles. The Labute approximate surface area is 584 Å². The highest BCUT2D eigenvalue weighted by Crippen LogP contribution is 2.29. The van der Waals surface area contributed by atoms with Crippen molar-refractivity contribution in [2.75, 3.05) is 106 Å². The quantitative estimate of drug-likeness (QED) is 0.0182. The molecular weight excluding hydrogens is 1290 g/mol. The van der Waals surface area contributed by atoms with Gasteiger partial charge in [-0.2, -0.15) is 4.39 Å². The van der Waals surface area contributed by atoms with Gasteiger partial charge in [-0.3, -0.25) is 54.6 Å². The summed E-state index contributed by atoms with van der Waals surface area (Å²) in [5.74, 6) is -0.372. The molecule has 3 aliphatic heterocycles. The summed E-state index contributed by atoms with van der Waals surface area (Å²) < 4.78 is 30.8. The number of imidazole rings is 1. The Morgan fingerprint density at radius 3 is 1.22 bits per heavy atom. The summed E-state index contributed by atoms with van der Waals surface area (Å²) in [6.07, 6.45) is 1.01. The number of hydrogen-bond acceptors (Lipinski definition) is 20. The first-order valence-electron chi connectivity index (χ1n) is 33.0. The highest BCUT2D eigenvalue weighted by Gasteiger charge is 2.20. The summed E-state index contributed by atoms with van der Waals surface area (Å²) in [5.41, 5.74) is 24.9. The number of ether oxygens (including phenoxy) is 3. The second kappa shape index (κ2) is 38.7. The van der Waals surface area contributed by atoms with Gasteiger partial charge in [-0.1, -0.05) is 140 Å². The van der Waals surface area contributed by atoms with Gasteiger partial charge in [0.1, 0.15) is 23.9 Å². The van der Waals surface area contributed by atoms with Crippen molar-refractivity contribution in [1.82, 2.24) is 24.3 Å². The lowest BCUT2D eigenvalue weighted by molar-refractivity contribution is -0.387. The SMILES string of the molecule is Nc1cc(CN2CCOCC2)ccc1NCc1ccccc1.Nc1nc2cc(CN3CCOCC3)ccc2n1Cc1ccccc1.O=Cc1ccc(F)c([N+](=O)[O-])c1.O=Cc1ccc(NCc2ccccc2)c([N+](=O)[O-])c1.O=[N+]([O-])c1cc(CN2CCOCC2)ccc1NCc1ccccc1. The zero-order chi connectivity index (χ0) is 71.1. The Balaban J connectivity index is 0.000000149. The number of anilines is 5. The van der Waals surface area contributed by atoms with E-state index in [0.29, 0.717) is 49.5 Å². The second-order valence-corrected chi connectivity index (χ2v) is 23.8. The van der Waals surface area contributed by atoms with Crippen LogP contribution in [0.3, 0.4) is 0 Å².